The van der Waals surface area contributed by atoms with Gasteiger partial charge in [0.05, 0.1) is 11.3 Å². The third-order valence-corrected chi connectivity index (χ3v) is 4.88. The molecule has 2 rings (SSSR count). The monoisotopic (exact) mass is 349 g/mol. The Kier molecular flexibility index (Phi) is 6.19. The van der Waals surface area contributed by atoms with Crippen molar-refractivity contribution < 1.29 is 4.79 Å². The summed E-state index contributed by atoms with van der Waals surface area (Å²) in [4.78, 5) is 12.1. The standard InChI is InChI=1S/C15H19N5OS2/c1-4-6-20-13(10(2)3)18-19-15(20)23-9-12(21)17-14-11(8-16)5-7-22-14/h5,7,10H,4,6,9H2,1-3H3,(H,17,21). The number of carbonyl (C=O) groups excluding carboxylic acids is 1. The minimum absolute atomic E-state index is 0.147. The third-order valence-electron chi connectivity index (χ3n) is 3.08. The number of rotatable bonds is 7. The fraction of sp³-hybridized carbons (Fsp3) is 0.467. The van der Waals surface area contributed by atoms with Crippen LogP contribution >= 0.6 is 23.1 Å². The number of nitrogens with one attached hydrogen (secondary N) is 1. The van der Waals surface area contributed by atoms with Gasteiger partial charge in [-0.25, -0.2) is 0 Å². The molecule has 0 spiro atoms. The molecule has 1 N–H and O–H groups in total. The van der Waals surface area contributed by atoms with Gasteiger partial charge >= 0.3 is 0 Å². The Balaban J connectivity index is 2.00. The van der Waals surface area contributed by atoms with E-state index in [1.54, 1.807) is 11.4 Å². The molecule has 1 amide bonds. The summed E-state index contributed by atoms with van der Waals surface area (Å²) in [5.74, 6) is 1.33. The van der Waals surface area contributed by atoms with Gasteiger partial charge in [0.25, 0.3) is 0 Å². The number of nitrogens with zero attached hydrogens (tertiary/aromatic N) is 4. The van der Waals surface area contributed by atoms with E-state index in [0.29, 0.717) is 16.5 Å². The second-order valence-electron chi connectivity index (χ2n) is 5.26. The van der Waals surface area contributed by atoms with Gasteiger partial charge in [-0.3, -0.25) is 4.79 Å². The molecule has 2 heterocycles. The summed E-state index contributed by atoms with van der Waals surface area (Å²) in [6, 6.07) is 3.75. The molecule has 0 aromatic carbocycles. The minimum atomic E-state index is -0.147. The van der Waals surface area contributed by atoms with Gasteiger partial charge < -0.3 is 9.88 Å². The molecule has 8 heteroatoms. The van der Waals surface area contributed by atoms with Gasteiger partial charge in [0.2, 0.25) is 5.91 Å². The number of carbonyl (C=O) groups is 1. The van der Waals surface area contributed by atoms with Crippen LogP contribution in [0.15, 0.2) is 16.6 Å². The van der Waals surface area contributed by atoms with Crippen LogP contribution in [-0.2, 0) is 11.3 Å². The van der Waals surface area contributed by atoms with Crippen LogP contribution < -0.4 is 5.32 Å². The van der Waals surface area contributed by atoms with Crippen molar-refractivity contribution in [1.29, 1.82) is 5.26 Å². The van der Waals surface area contributed by atoms with Crippen molar-refractivity contribution >= 4 is 34.0 Å². The summed E-state index contributed by atoms with van der Waals surface area (Å²) in [5, 5.41) is 23.3. The molecule has 0 radical (unpaired) electrons. The quantitative estimate of drug-likeness (QED) is 0.774. The molecule has 0 saturated heterocycles. The molecule has 122 valence electrons. The molecule has 0 aliphatic heterocycles. The Morgan fingerprint density at radius 1 is 1.52 bits per heavy atom. The van der Waals surface area contributed by atoms with Gasteiger partial charge in [0.15, 0.2) is 5.16 Å². The third kappa shape index (κ3) is 4.33. The lowest BCUT2D eigenvalue weighted by molar-refractivity contribution is -0.113. The summed E-state index contributed by atoms with van der Waals surface area (Å²) in [6.45, 7) is 7.11. The normalized spacial score (nSPS) is 10.7. The number of thiophene rings is 1. The van der Waals surface area contributed by atoms with Crippen LogP contribution in [-0.4, -0.2) is 26.4 Å². The van der Waals surface area contributed by atoms with Gasteiger partial charge in [-0.05, 0) is 17.9 Å². The van der Waals surface area contributed by atoms with Gasteiger partial charge in [0, 0.05) is 12.5 Å². The van der Waals surface area contributed by atoms with Gasteiger partial charge in [0.1, 0.15) is 16.9 Å². The number of aromatic nitrogens is 3. The number of nitriles is 1. The van der Waals surface area contributed by atoms with E-state index < -0.39 is 0 Å². The Morgan fingerprint density at radius 3 is 2.96 bits per heavy atom. The van der Waals surface area contributed by atoms with E-state index in [9.17, 15) is 4.79 Å². The molecule has 0 aliphatic carbocycles. The topological polar surface area (TPSA) is 83.6 Å². The van der Waals surface area contributed by atoms with Crippen molar-refractivity contribution in [3.63, 3.8) is 0 Å². The number of amides is 1. The molecule has 0 saturated carbocycles. The van der Waals surface area contributed by atoms with Crippen LogP contribution in [0.4, 0.5) is 5.00 Å². The van der Waals surface area contributed by atoms with Crippen molar-refractivity contribution in [1.82, 2.24) is 14.8 Å². The van der Waals surface area contributed by atoms with Crippen molar-refractivity contribution in [2.24, 2.45) is 0 Å². The zero-order valence-corrected chi connectivity index (χ0v) is 15.0. The predicted molar refractivity (Wildman–Crippen MR) is 92.8 cm³/mol. The van der Waals surface area contributed by atoms with Crippen LogP contribution in [0.5, 0.6) is 0 Å². The maximum Gasteiger partial charge on any atom is 0.235 e. The number of anilines is 1. The first-order valence-corrected chi connectivity index (χ1v) is 9.26. The summed E-state index contributed by atoms with van der Waals surface area (Å²) in [5.41, 5.74) is 0.490. The predicted octanol–water partition coefficient (Wildman–Crippen LogP) is 3.48. The summed E-state index contributed by atoms with van der Waals surface area (Å²) >= 11 is 2.71. The Labute approximate surface area is 143 Å². The first-order valence-electron chi connectivity index (χ1n) is 7.40. The first-order chi connectivity index (χ1) is 11.1. The SMILES string of the molecule is CCCn1c(SCC(=O)Nc2sccc2C#N)nnc1C(C)C. The molecular formula is C15H19N5OS2. The van der Waals surface area contributed by atoms with E-state index in [-0.39, 0.29) is 11.7 Å². The van der Waals surface area contributed by atoms with Crippen LogP contribution in [0.1, 0.15) is 44.5 Å². The van der Waals surface area contributed by atoms with E-state index in [4.69, 9.17) is 5.26 Å². The molecule has 0 unspecified atom stereocenters. The minimum Gasteiger partial charge on any atom is -0.316 e. The highest BCUT2D eigenvalue weighted by Gasteiger charge is 2.16. The summed E-state index contributed by atoms with van der Waals surface area (Å²) in [7, 11) is 0. The van der Waals surface area contributed by atoms with Crippen molar-refractivity contribution in [3.05, 3.63) is 22.8 Å². The van der Waals surface area contributed by atoms with E-state index >= 15 is 0 Å². The number of hydrogen-bond acceptors (Lipinski definition) is 6. The fourth-order valence-electron chi connectivity index (χ4n) is 2.05. The van der Waals surface area contributed by atoms with Crippen molar-refractivity contribution in [2.75, 3.05) is 11.1 Å². The van der Waals surface area contributed by atoms with Crippen molar-refractivity contribution in [2.45, 2.75) is 44.8 Å². The molecule has 23 heavy (non-hydrogen) atoms. The van der Waals surface area contributed by atoms with Crippen LogP contribution in [0.2, 0.25) is 0 Å². The second kappa shape index (κ2) is 8.13. The average molecular weight is 349 g/mol. The lowest BCUT2D eigenvalue weighted by atomic mass is 10.2. The number of hydrogen-bond donors (Lipinski definition) is 1. The van der Waals surface area contributed by atoms with E-state index in [1.165, 1.54) is 23.1 Å². The molecule has 6 nitrogen and oxygen atoms in total. The van der Waals surface area contributed by atoms with E-state index in [0.717, 1.165) is 23.9 Å². The average Bonchev–Trinajstić information content (AvgIpc) is 3.12. The molecule has 2 aromatic rings. The highest BCUT2D eigenvalue weighted by atomic mass is 32.2. The summed E-state index contributed by atoms with van der Waals surface area (Å²) < 4.78 is 2.08. The smallest absolute Gasteiger partial charge is 0.235 e. The maximum atomic E-state index is 12.1. The second-order valence-corrected chi connectivity index (χ2v) is 7.12. The Bertz CT molecular complexity index is 714. The highest BCUT2D eigenvalue weighted by Crippen LogP contribution is 2.24. The highest BCUT2D eigenvalue weighted by molar-refractivity contribution is 7.99. The van der Waals surface area contributed by atoms with Gasteiger partial charge in [-0.2, -0.15) is 5.26 Å². The lowest BCUT2D eigenvalue weighted by Gasteiger charge is -2.10. The molecule has 0 aliphatic rings. The molecule has 0 bridgehead atoms. The molecular weight excluding hydrogens is 330 g/mol. The fourth-order valence-corrected chi connectivity index (χ4v) is 3.58. The maximum absolute atomic E-state index is 12.1. The zero-order valence-electron chi connectivity index (χ0n) is 13.4. The van der Waals surface area contributed by atoms with E-state index in [2.05, 4.69) is 46.9 Å². The Morgan fingerprint density at radius 2 is 2.30 bits per heavy atom. The van der Waals surface area contributed by atoms with Gasteiger partial charge in [-0.1, -0.05) is 32.5 Å². The molecule has 0 atom stereocenters. The van der Waals surface area contributed by atoms with Crippen LogP contribution in [0.3, 0.4) is 0 Å². The Hall–Kier alpha value is -1.85. The van der Waals surface area contributed by atoms with Gasteiger partial charge in [-0.15, -0.1) is 21.5 Å². The zero-order chi connectivity index (χ0) is 16.8. The van der Waals surface area contributed by atoms with Crippen LogP contribution in [0.25, 0.3) is 0 Å². The molecule has 0 fully saturated rings. The first kappa shape index (κ1) is 17.5. The van der Waals surface area contributed by atoms with E-state index in [1.807, 2.05) is 0 Å². The summed E-state index contributed by atoms with van der Waals surface area (Å²) in [6.07, 6.45) is 0.984. The molecule has 2 aromatic heterocycles. The van der Waals surface area contributed by atoms with Crippen molar-refractivity contribution in [3.8, 4) is 6.07 Å². The lowest BCUT2D eigenvalue weighted by Crippen LogP contribution is -2.14. The largest absolute Gasteiger partial charge is 0.316 e. The van der Waals surface area contributed by atoms with Crippen LogP contribution in [0, 0.1) is 11.3 Å². The number of thioether (sulfide) groups is 1.